The summed E-state index contributed by atoms with van der Waals surface area (Å²) in [6, 6.07) is 0. The molecule has 0 aliphatic heterocycles. The summed E-state index contributed by atoms with van der Waals surface area (Å²) in [5, 5.41) is 0. The lowest BCUT2D eigenvalue weighted by atomic mass is 10.5. The molecule has 0 heterocycles. The number of rotatable bonds is 7. The van der Waals surface area contributed by atoms with E-state index in [1.54, 1.807) is 19.1 Å². The van der Waals surface area contributed by atoms with Gasteiger partial charge in [-0.3, -0.25) is 0 Å². The third-order valence-corrected chi connectivity index (χ3v) is 1.30. The second kappa shape index (κ2) is 9.97. The van der Waals surface area contributed by atoms with Crippen LogP contribution >= 0.6 is 0 Å². The molecule has 0 spiro atoms. The van der Waals surface area contributed by atoms with Gasteiger partial charge in [0.05, 0.1) is 19.8 Å². The Morgan fingerprint density at radius 2 is 1.88 bits per heavy atom. The maximum Gasteiger partial charge on any atom is 0.384 e. The van der Waals surface area contributed by atoms with E-state index in [9.17, 15) is 4.79 Å². The average Bonchev–Trinajstić information content (AvgIpc) is 2.28. The summed E-state index contributed by atoms with van der Waals surface area (Å²) in [6.45, 7) is 9.57. The van der Waals surface area contributed by atoms with Crippen LogP contribution in [0, 0.1) is 11.8 Å². The molecule has 0 amide bonds. The normalized spacial score (nSPS) is 9.12. The third-order valence-electron chi connectivity index (χ3n) is 1.30. The van der Waals surface area contributed by atoms with Gasteiger partial charge in [0, 0.05) is 5.92 Å². The lowest BCUT2D eigenvalue weighted by Gasteiger charge is -2.09. The predicted molar refractivity (Wildman–Crippen MR) is 60.5 cm³/mol. The summed E-state index contributed by atoms with van der Waals surface area (Å²) in [4.78, 5) is 10.9. The molecule has 0 aliphatic rings. The number of hydrogen-bond donors (Lipinski definition) is 0. The van der Waals surface area contributed by atoms with E-state index in [0.717, 1.165) is 0 Å². The topological polar surface area (TPSA) is 44.8 Å². The van der Waals surface area contributed by atoms with Gasteiger partial charge in [-0.2, -0.15) is 0 Å². The summed E-state index contributed by atoms with van der Waals surface area (Å²) in [5.41, 5.74) is 0. The first kappa shape index (κ1) is 14.4. The molecule has 16 heavy (non-hydrogen) atoms. The Morgan fingerprint density at radius 3 is 2.31 bits per heavy atom. The minimum Gasteiger partial charge on any atom is -0.456 e. The molecule has 4 heteroatoms. The van der Waals surface area contributed by atoms with Crippen molar-refractivity contribution < 1.29 is 19.0 Å². The highest BCUT2D eigenvalue weighted by Crippen LogP contribution is 1.94. The van der Waals surface area contributed by atoms with Crippen LogP contribution < -0.4 is 0 Å². The summed E-state index contributed by atoms with van der Waals surface area (Å²) >= 11 is 0. The van der Waals surface area contributed by atoms with Gasteiger partial charge in [0.25, 0.3) is 0 Å². The van der Waals surface area contributed by atoms with Crippen LogP contribution in [0.2, 0.25) is 0 Å². The average molecular weight is 224 g/mol. The highest BCUT2D eigenvalue weighted by Gasteiger charge is 2.04. The predicted octanol–water partition coefficient (Wildman–Crippen LogP) is 1.28. The fourth-order valence-electron chi connectivity index (χ4n) is 0.727. The standard InChI is InChI=1S/C12H16O4/c1-4-9-15-12(16-10-5-2)8-7-11(13)14-6-3/h4-5,12H,1-2,6,9-10H2,3H3. The molecule has 0 aromatic heterocycles. The third kappa shape index (κ3) is 7.80. The van der Waals surface area contributed by atoms with Crippen molar-refractivity contribution >= 4 is 5.97 Å². The summed E-state index contributed by atoms with van der Waals surface area (Å²) in [5.74, 6) is 4.18. The van der Waals surface area contributed by atoms with Gasteiger partial charge in [-0.25, -0.2) is 4.79 Å². The first-order valence-electron chi connectivity index (χ1n) is 4.87. The van der Waals surface area contributed by atoms with E-state index >= 15 is 0 Å². The second-order valence-electron chi connectivity index (χ2n) is 2.57. The Morgan fingerprint density at radius 1 is 1.31 bits per heavy atom. The van der Waals surface area contributed by atoms with Crippen LogP contribution in [0.4, 0.5) is 0 Å². The molecule has 0 fully saturated rings. The fourth-order valence-corrected chi connectivity index (χ4v) is 0.727. The molecule has 0 bridgehead atoms. The number of ether oxygens (including phenoxy) is 3. The molecule has 0 rings (SSSR count). The number of carbonyl (C=O) groups is 1. The highest BCUT2D eigenvalue weighted by molar-refractivity contribution is 5.88. The maximum absolute atomic E-state index is 10.9. The smallest absolute Gasteiger partial charge is 0.384 e. The molecule has 0 aromatic rings. The molecule has 0 aliphatic carbocycles. The Bertz CT molecular complexity index is 273. The number of esters is 1. The summed E-state index contributed by atoms with van der Waals surface area (Å²) < 4.78 is 14.9. The summed E-state index contributed by atoms with van der Waals surface area (Å²) in [6.07, 6.45) is 2.35. The van der Waals surface area contributed by atoms with E-state index in [1.807, 2.05) is 0 Å². The van der Waals surface area contributed by atoms with Crippen molar-refractivity contribution in [2.45, 2.75) is 13.2 Å². The van der Waals surface area contributed by atoms with E-state index in [0.29, 0.717) is 19.8 Å². The largest absolute Gasteiger partial charge is 0.456 e. The molecule has 0 atom stereocenters. The molecule has 88 valence electrons. The van der Waals surface area contributed by atoms with Crippen LogP contribution in [0.25, 0.3) is 0 Å². The zero-order chi connectivity index (χ0) is 12.2. The molecule has 0 saturated carbocycles. The van der Waals surface area contributed by atoms with Gasteiger partial charge in [0.1, 0.15) is 0 Å². The van der Waals surface area contributed by atoms with E-state index in [4.69, 9.17) is 9.47 Å². The van der Waals surface area contributed by atoms with Crippen LogP contribution in [0.3, 0.4) is 0 Å². The number of hydrogen-bond acceptors (Lipinski definition) is 4. The highest BCUT2D eigenvalue weighted by atomic mass is 16.7. The first-order valence-corrected chi connectivity index (χ1v) is 4.87. The van der Waals surface area contributed by atoms with Crippen LogP contribution in [-0.4, -0.2) is 32.1 Å². The van der Waals surface area contributed by atoms with Gasteiger partial charge >= 0.3 is 5.97 Å². The molecule has 0 unspecified atom stereocenters. The lowest BCUT2D eigenvalue weighted by Crippen LogP contribution is -2.16. The quantitative estimate of drug-likeness (QED) is 0.215. The van der Waals surface area contributed by atoms with E-state index in [2.05, 4.69) is 29.7 Å². The first-order chi connectivity index (χ1) is 7.74. The van der Waals surface area contributed by atoms with Gasteiger partial charge < -0.3 is 14.2 Å². The molecule has 4 nitrogen and oxygen atoms in total. The summed E-state index contributed by atoms with van der Waals surface area (Å²) in [7, 11) is 0. The van der Waals surface area contributed by atoms with Crippen molar-refractivity contribution in [3.05, 3.63) is 25.3 Å². The maximum atomic E-state index is 10.9. The van der Waals surface area contributed by atoms with Crippen LogP contribution in [0.1, 0.15) is 6.92 Å². The van der Waals surface area contributed by atoms with Gasteiger partial charge in [0.15, 0.2) is 0 Å². The molecular weight excluding hydrogens is 208 g/mol. The molecule has 0 N–H and O–H groups in total. The Hall–Kier alpha value is -1.57. The minimum absolute atomic E-state index is 0.291. The monoisotopic (exact) mass is 224 g/mol. The zero-order valence-corrected chi connectivity index (χ0v) is 9.40. The van der Waals surface area contributed by atoms with Crippen molar-refractivity contribution in [3.63, 3.8) is 0 Å². The molecular formula is C12H16O4. The SMILES string of the molecule is C=CCOC(C#CC(=O)OCC)OCC=C. The van der Waals surface area contributed by atoms with Crippen molar-refractivity contribution in [2.24, 2.45) is 0 Å². The Balaban J connectivity index is 4.20. The van der Waals surface area contributed by atoms with Crippen LogP contribution in [-0.2, 0) is 19.0 Å². The van der Waals surface area contributed by atoms with Crippen molar-refractivity contribution in [3.8, 4) is 11.8 Å². The number of carbonyl (C=O) groups excluding carboxylic acids is 1. The van der Waals surface area contributed by atoms with Crippen LogP contribution in [0.15, 0.2) is 25.3 Å². The molecule has 0 aromatic carbocycles. The minimum atomic E-state index is -0.777. The van der Waals surface area contributed by atoms with Crippen molar-refractivity contribution in [1.82, 2.24) is 0 Å². The Labute approximate surface area is 95.9 Å². The van der Waals surface area contributed by atoms with Gasteiger partial charge in [-0.15, -0.1) is 13.2 Å². The lowest BCUT2D eigenvalue weighted by molar-refractivity contribution is -0.136. The van der Waals surface area contributed by atoms with Gasteiger partial charge in [-0.05, 0) is 12.8 Å². The van der Waals surface area contributed by atoms with Crippen molar-refractivity contribution in [1.29, 1.82) is 0 Å². The van der Waals surface area contributed by atoms with Gasteiger partial charge in [-0.1, -0.05) is 12.2 Å². The van der Waals surface area contributed by atoms with Crippen LogP contribution in [0.5, 0.6) is 0 Å². The zero-order valence-electron chi connectivity index (χ0n) is 9.40. The van der Waals surface area contributed by atoms with E-state index in [1.165, 1.54) is 0 Å². The second-order valence-corrected chi connectivity index (χ2v) is 2.57. The van der Waals surface area contributed by atoms with Gasteiger partial charge in [0.2, 0.25) is 6.29 Å². The van der Waals surface area contributed by atoms with E-state index in [-0.39, 0.29) is 0 Å². The van der Waals surface area contributed by atoms with E-state index < -0.39 is 12.3 Å². The fraction of sp³-hybridized carbons (Fsp3) is 0.417. The Kier molecular flexibility index (Phi) is 8.99. The van der Waals surface area contributed by atoms with Crippen molar-refractivity contribution in [2.75, 3.05) is 19.8 Å². The molecule has 0 saturated heterocycles. The molecule has 0 radical (unpaired) electrons.